The fraction of sp³-hybridized carbons (Fsp3) is 0.143. The van der Waals surface area contributed by atoms with Crippen LogP contribution in [0.25, 0.3) is 0 Å². The predicted molar refractivity (Wildman–Crippen MR) is 58.8 cm³/mol. The summed E-state index contributed by atoms with van der Waals surface area (Å²) in [6.45, 7) is 0. The van der Waals surface area contributed by atoms with Crippen molar-refractivity contribution in [2.24, 2.45) is 0 Å². The van der Waals surface area contributed by atoms with E-state index in [1.54, 1.807) is 23.1 Å². The zero-order chi connectivity index (χ0) is 9.10. The number of nitrogens with zero attached hydrogens (tertiary/aromatic N) is 2. The van der Waals surface area contributed by atoms with Crippen LogP contribution in [0.4, 0.5) is 0 Å². The average molecular weight is 249 g/mol. The smallest absolute Gasteiger partial charge is 0.183 e. The molecule has 2 nitrogen and oxygen atoms in total. The lowest BCUT2D eigenvalue weighted by molar-refractivity contribution is 1.25. The van der Waals surface area contributed by atoms with Crippen molar-refractivity contribution in [3.63, 3.8) is 0 Å². The van der Waals surface area contributed by atoms with Crippen molar-refractivity contribution in [2.45, 2.75) is 10.1 Å². The van der Waals surface area contributed by atoms with Gasteiger partial charge in [-0.3, -0.25) is 0 Å². The molecular weight excluding hydrogens is 244 g/mol. The quantitative estimate of drug-likeness (QED) is 0.777. The molecule has 0 atom stereocenters. The Bertz CT molecular complexity index is 371. The fourth-order valence-electron chi connectivity index (χ4n) is 0.765. The molecule has 2 rings (SSSR count). The Kier molecular flexibility index (Phi) is 3.21. The summed E-state index contributed by atoms with van der Waals surface area (Å²) in [5.74, 6) is 0.901. The Labute approximate surface area is 93.0 Å². The Morgan fingerprint density at radius 1 is 1.46 bits per heavy atom. The highest BCUT2D eigenvalue weighted by Gasteiger charge is 2.01. The van der Waals surface area contributed by atoms with E-state index in [2.05, 4.69) is 9.97 Å². The first-order valence-electron chi connectivity index (χ1n) is 3.47. The fourth-order valence-corrected chi connectivity index (χ4v) is 3.40. The first-order valence-corrected chi connectivity index (χ1v) is 6.53. The number of thioether (sulfide) groups is 1. The maximum Gasteiger partial charge on any atom is 0.183 e. The van der Waals surface area contributed by atoms with Gasteiger partial charge < -0.3 is 0 Å². The summed E-state index contributed by atoms with van der Waals surface area (Å²) in [5, 5.41) is 1.97. The Balaban J connectivity index is 1.93. The Hall–Kier alpha value is -0.100. The summed E-state index contributed by atoms with van der Waals surface area (Å²) < 4.78 is 1.69. The van der Waals surface area contributed by atoms with Crippen molar-refractivity contribution >= 4 is 46.0 Å². The third kappa shape index (κ3) is 2.67. The minimum absolute atomic E-state index is 0.606. The number of rotatable bonds is 3. The highest BCUT2D eigenvalue weighted by atomic mass is 35.5. The third-order valence-corrected chi connectivity index (χ3v) is 4.59. The molecule has 0 spiro atoms. The minimum Gasteiger partial charge on any atom is -0.238 e. The summed E-state index contributed by atoms with van der Waals surface area (Å²) in [7, 11) is 0. The highest BCUT2D eigenvalue weighted by Crippen LogP contribution is 2.28. The van der Waals surface area contributed by atoms with Crippen LogP contribution in [0.3, 0.4) is 0 Å². The molecule has 0 saturated carbocycles. The summed E-state index contributed by atoms with van der Waals surface area (Å²) >= 11 is 10.6. The second kappa shape index (κ2) is 4.41. The number of hydrogen-bond acceptors (Lipinski definition) is 5. The monoisotopic (exact) mass is 248 g/mol. The van der Waals surface area contributed by atoms with Gasteiger partial charge in [-0.25, -0.2) is 9.97 Å². The summed E-state index contributed by atoms with van der Waals surface area (Å²) in [6, 6.07) is 0. The van der Waals surface area contributed by atoms with Crippen LogP contribution < -0.4 is 0 Å². The maximum atomic E-state index is 5.71. The van der Waals surface area contributed by atoms with Gasteiger partial charge in [-0.2, -0.15) is 0 Å². The lowest BCUT2D eigenvalue weighted by Crippen LogP contribution is -1.71. The molecule has 6 heteroatoms. The van der Waals surface area contributed by atoms with Gasteiger partial charge in [-0.15, -0.1) is 22.7 Å². The molecule has 2 heterocycles. The molecule has 13 heavy (non-hydrogen) atoms. The molecule has 0 unspecified atom stereocenters. The zero-order valence-electron chi connectivity index (χ0n) is 6.44. The second-order valence-electron chi connectivity index (χ2n) is 2.17. The van der Waals surface area contributed by atoms with E-state index in [1.165, 1.54) is 16.2 Å². The highest BCUT2D eigenvalue weighted by molar-refractivity contribution is 8.00. The van der Waals surface area contributed by atoms with E-state index in [4.69, 9.17) is 11.6 Å². The SMILES string of the molecule is Clc1ncc(CSc2nccs2)s1. The average Bonchev–Trinajstić information content (AvgIpc) is 2.71. The van der Waals surface area contributed by atoms with Gasteiger partial charge >= 0.3 is 0 Å². The van der Waals surface area contributed by atoms with Crippen LogP contribution in [0, 0.1) is 0 Å². The first kappa shape index (κ1) is 9.45. The second-order valence-corrected chi connectivity index (χ2v) is 5.98. The van der Waals surface area contributed by atoms with Crippen LogP contribution in [-0.2, 0) is 5.75 Å². The van der Waals surface area contributed by atoms with Gasteiger partial charge in [-0.05, 0) is 0 Å². The third-order valence-electron chi connectivity index (χ3n) is 1.27. The topological polar surface area (TPSA) is 25.8 Å². The maximum absolute atomic E-state index is 5.71. The van der Waals surface area contributed by atoms with Gasteiger partial charge in [0.05, 0.1) is 0 Å². The van der Waals surface area contributed by atoms with E-state index in [1.807, 2.05) is 17.8 Å². The van der Waals surface area contributed by atoms with Crippen LogP contribution in [0.5, 0.6) is 0 Å². The molecule has 0 fully saturated rings. The Morgan fingerprint density at radius 3 is 3.00 bits per heavy atom. The molecule has 2 aromatic heterocycles. The first-order chi connectivity index (χ1) is 6.34. The zero-order valence-corrected chi connectivity index (χ0v) is 9.64. The lowest BCUT2D eigenvalue weighted by Gasteiger charge is -1.91. The van der Waals surface area contributed by atoms with Crippen molar-refractivity contribution in [3.05, 3.63) is 27.1 Å². The number of hydrogen-bond donors (Lipinski definition) is 0. The lowest BCUT2D eigenvalue weighted by atomic mass is 10.6. The van der Waals surface area contributed by atoms with Gasteiger partial charge in [0.2, 0.25) is 0 Å². The predicted octanol–water partition coefficient (Wildman–Crippen LogP) is 3.55. The van der Waals surface area contributed by atoms with E-state index in [9.17, 15) is 0 Å². The molecule has 2 aromatic rings. The van der Waals surface area contributed by atoms with Gasteiger partial charge in [0, 0.05) is 28.4 Å². The molecule has 68 valence electrons. The molecule has 0 aromatic carbocycles. The summed E-state index contributed by atoms with van der Waals surface area (Å²) in [5.41, 5.74) is 0. The van der Waals surface area contributed by atoms with Crippen molar-refractivity contribution in [1.82, 2.24) is 9.97 Å². The van der Waals surface area contributed by atoms with E-state index in [0.717, 1.165) is 10.1 Å². The molecule has 0 saturated heterocycles. The minimum atomic E-state index is 0.606. The van der Waals surface area contributed by atoms with Crippen LogP contribution >= 0.6 is 46.0 Å². The van der Waals surface area contributed by atoms with E-state index < -0.39 is 0 Å². The normalized spacial score (nSPS) is 10.5. The van der Waals surface area contributed by atoms with E-state index >= 15 is 0 Å². The van der Waals surface area contributed by atoms with E-state index in [0.29, 0.717) is 4.47 Å². The van der Waals surface area contributed by atoms with Crippen LogP contribution in [0.1, 0.15) is 4.88 Å². The molecular formula is C7H5ClN2S3. The number of thiazole rings is 2. The van der Waals surface area contributed by atoms with Crippen molar-refractivity contribution in [1.29, 1.82) is 0 Å². The molecule has 0 aliphatic heterocycles. The number of halogens is 1. The summed E-state index contributed by atoms with van der Waals surface area (Å²) in [4.78, 5) is 9.33. The molecule has 0 amide bonds. The number of aromatic nitrogens is 2. The van der Waals surface area contributed by atoms with Crippen LogP contribution in [0.2, 0.25) is 4.47 Å². The van der Waals surface area contributed by atoms with Crippen molar-refractivity contribution in [3.8, 4) is 0 Å². The van der Waals surface area contributed by atoms with Gasteiger partial charge in [-0.1, -0.05) is 23.4 Å². The molecule has 0 N–H and O–H groups in total. The van der Waals surface area contributed by atoms with E-state index in [-0.39, 0.29) is 0 Å². The van der Waals surface area contributed by atoms with Gasteiger partial charge in [0.25, 0.3) is 0 Å². The van der Waals surface area contributed by atoms with Crippen molar-refractivity contribution < 1.29 is 0 Å². The van der Waals surface area contributed by atoms with Crippen molar-refractivity contribution in [2.75, 3.05) is 0 Å². The largest absolute Gasteiger partial charge is 0.238 e. The molecule has 0 aliphatic carbocycles. The Morgan fingerprint density at radius 2 is 2.38 bits per heavy atom. The van der Waals surface area contributed by atoms with Crippen LogP contribution in [0.15, 0.2) is 22.1 Å². The van der Waals surface area contributed by atoms with Gasteiger partial charge in [0.15, 0.2) is 4.47 Å². The summed E-state index contributed by atoms with van der Waals surface area (Å²) in [6.07, 6.45) is 3.63. The molecule has 0 bridgehead atoms. The standard InChI is InChI=1S/C7H5ClN2S3/c8-6-10-3-5(13-6)4-12-7-9-1-2-11-7/h1-3H,4H2. The molecule has 0 aliphatic rings. The molecule has 0 radical (unpaired) electrons. The van der Waals surface area contributed by atoms with Crippen LogP contribution in [-0.4, -0.2) is 9.97 Å². The van der Waals surface area contributed by atoms with Gasteiger partial charge in [0.1, 0.15) is 4.34 Å².